The van der Waals surface area contributed by atoms with Gasteiger partial charge in [0.1, 0.15) is 5.75 Å². The van der Waals surface area contributed by atoms with Crippen LogP contribution in [0.2, 0.25) is 0 Å². The van der Waals surface area contributed by atoms with E-state index in [0.717, 1.165) is 62.6 Å². The summed E-state index contributed by atoms with van der Waals surface area (Å²) in [4.78, 5) is 7.30. The summed E-state index contributed by atoms with van der Waals surface area (Å²) in [5, 5.41) is 6.86. The Morgan fingerprint density at radius 1 is 1.32 bits per heavy atom. The molecule has 0 spiro atoms. The first-order valence-corrected chi connectivity index (χ1v) is 10.7. The van der Waals surface area contributed by atoms with Crippen LogP contribution in [0.1, 0.15) is 39.2 Å². The highest BCUT2D eigenvalue weighted by Gasteiger charge is 2.24. The maximum atomic E-state index is 6.01. The minimum absolute atomic E-state index is 0.428. The minimum atomic E-state index is 0.428. The normalized spacial score (nSPS) is 22.0. The van der Waals surface area contributed by atoms with Gasteiger partial charge in [0.25, 0.3) is 0 Å². The van der Waals surface area contributed by atoms with Gasteiger partial charge in [0.2, 0.25) is 0 Å². The molecule has 1 heterocycles. The second-order valence-electron chi connectivity index (χ2n) is 7.95. The van der Waals surface area contributed by atoms with Gasteiger partial charge in [0, 0.05) is 37.3 Å². The highest BCUT2D eigenvalue weighted by molar-refractivity contribution is 5.79. The zero-order chi connectivity index (χ0) is 19.8. The van der Waals surface area contributed by atoms with Crippen LogP contribution in [0.3, 0.4) is 0 Å². The van der Waals surface area contributed by atoms with Crippen molar-refractivity contribution in [2.75, 3.05) is 39.5 Å². The lowest BCUT2D eigenvalue weighted by molar-refractivity contribution is -0.0174. The fourth-order valence-corrected chi connectivity index (χ4v) is 3.53. The Morgan fingerprint density at radius 2 is 2.14 bits per heavy atom. The summed E-state index contributed by atoms with van der Waals surface area (Å²) in [7, 11) is 0. The van der Waals surface area contributed by atoms with E-state index in [4.69, 9.17) is 14.5 Å². The van der Waals surface area contributed by atoms with E-state index in [1.165, 1.54) is 12.8 Å². The summed E-state index contributed by atoms with van der Waals surface area (Å²) < 4.78 is 11.6. The maximum Gasteiger partial charge on any atom is 0.191 e. The van der Waals surface area contributed by atoms with Crippen molar-refractivity contribution in [3.8, 4) is 5.75 Å². The van der Waals surface area contributed by atoms with Crippen LogP contribution in [0.4, 0.5) is 0 Å². The van der Waals surface area contributed by atoms with Gasteiger partial charge in [-0.25, -0.2) is 4.99 Å². The monoisotopic (exact) mass is 388 g/mol. The number of hydrogen-bond acceptors (Lipinski definition) is 4. The quantitative estimate of drug-likeness (QED) is 0.503. The molecule has 1 saturated heterocycles. The summed E-state index contributed by atoms with van der Waals surface area (Å²) in [6.45, 7) is 12.3. The Bertz CT molecular complexity index is 633. The molecular formula is C22H36N4O2. The number of morpholine rings is 1. The van der Waals surface area contributed by atoms with E-state index in [1.807, 2.05) is 6.07 Å². The van der Waals surface area contributed by atoms with Crippen LogP contribution in [0, 0.1) is 5.92 Å². The van der Waals surface area contributed by atoms with Crippen molar-refractivity contribution in [3.63, 3.8) is 0 Å². The Morgan fingerprint density at radius 3 is 2.89 bits per heavy atom. The van der Waals surface area contributed by atoms with Gasteiger partial charge >= 0.3 is 0 Å². The standard InChI is InChI=1S/C22H36N4O2/c1-4-23-22(24-13-17(2)26-11-12-27-15-18(26)3)25-14-20-7-5-6-8-21(20)28-16-19-9-10-19/h5-8,17-19H,4,9-16H2,1-3H3,(H2,23,24,25). The van der Waals surface area contributed by atoms with Gasteiger partial charge in [-0.1, -0.05) is 18.2 Å². The van der Waals surface area contributed by atoms with Crippen molar-refractivity contribution >= 4 is 5.96 Å². The lowest BCUT2D eigenvalue weighted by Crippen LogP contribution is -2.53. The number of ether oxygens (including phenoxy) is 2. The predicted molar refractivity (Wildman–Crippen MR) is 114 cm³/mol. The molecule has 2 unspecified atom stereocenters. The largest absolute Gasteiger partial charge is 0.493 e. The Hall–Kier alpha value is -1.79. The molecule has 0 bridgehead atoms. The molecule has 1 aliphatic heterocycles. The molecule has 1 aliphatic carbocycles. The number of rotatable bonds is 9. The summed E-state index contributed by atoms with van der Waals surface area (Å²) in [6.07, 6.45) is 2.60. The van der Waals surface area contributed by atoms with Gasteiger partial charge in [-0.05, 0) is 45.6 Å². The van der Waals surface area contributed by atoms with Crippen LogP contribution in [0.15, 0.2) is 29.3 Å². The molecule has 0 radical (unpaired) electrons. The van der Waals surface area contributed by atoms with Crippen LogP contribution >= 0.6 is 0 Å². The fraction of sp³-hybridized carbons (Fsp3) is 0.682. The summed E-state index contributed by atoms with van der Waals surface area (Å²) in [5.74, 6) is 2.57. The first-order chi connectivity index (χ1) is 13.7. The van der Waals surface area contributed by atoms with E-state index in [9.17, 15) is 0 Å². The van der Waals surface area contributed by atoms with Gasteiger partial charge in [-0.15, -0.1) is 0 Å². The van der Waals surface area contributed by atoms with Crippen LogP contribution in [0.25, 0.3) is 0 Å². The van der Waals surface area contributed by atoms with Gasteiger partial charge in [-0.3, -0.25) is 4.90 Å². The van der Waals surface area contributed by atoms with E-state index in [0.29, 0.717) is 18.6 Å². The number of para-hydroxylation sites is 1. The lowest BCUT2D eigenvalue weighted by Gasteiger charge is -2.38. The number of aliphatic imine (C=N–C) groups is 1. The Balaban J connectivity index is 1.55. The first-order valence-electron chi connectivity index (χ1n) is 10.7. The molecule has 156 valence electrons. The molecule has 2 aliphatic rings. The van der Waals surface area contributed by atoms with Crippen molar-refractivity contribution in [2.45, 2.75) is 52.2 Å². The van der Waals surface area contributed by atoms with Gasteiger partial charge in [0.05, 0.1) is 26.4 Å². The molecular weight excluding hydrogens is 352 g/mol. The summed E-state index contributed by atoms with van der Waals surface area (Å²) >= 11 is 0. The topological polar surface area (TPSA) is 58.1 Å². The Kier molecular flexibility index (Phi) is 7.98. The molecule has 2 atom stereocenters. The van der Waals surface area contributed by atoms with Crippen molar-refractivity contribution in [3.05, 3.63) is 29.8 Å². The third-order valence-electron chi connectivity index (χ3n) is 5.45. The van der Waals surface area contributed by atoms with Crippen molar-refractivity contribution in [1.29, 1.82) is 0 Å². The van der Waals surface area contributed by atoms with E-state index in [-0.39, 0.29) is 0 Å². The number of benzene rings is 1. The molecule has 0 aromatic heterocycles. The number of nitrogens with one attached hydrogen (secondary N) is 2. The van der Waals surface area contributed by atoms with Gasteiger partial charge < -0.3 is 20.1 Å². The van der Waals surface area contributed by atoms with Crippen molar-refractivity contribution in [1.82, 2.24) is 15.5 Å². The fourth-order valence-electron chi connectivity index (χ4n) is 3.53. The van der Waals surface area contributed by atoms with Crippen molar-refractivity contribution in [2.24, 2.45) is 10.9 Å². The molecule has 1 aromatic carbocycles. The summed E-state index contributed by atoms with van der Waals surface area (Å²) in [5.41, 5.74) is 1.13. The number of hydrogen-bond donors (Lipinski definition) is 2. The van der Waals surface area contributed by atoms with E-state index in [1.54, 1.807) is 0 Å². The van der Waals surface area contributed by atoms with E-state index in [2.05, 4.69) is 54.5 Å². The summed E-state index contributed by atoms with van der Waals surface area (Å²) in [6, 6.07) is 9.13. The Labute approximate surface area is 169 Å². The molecule has 1 saturated carbocycles. The highest BCUT2D eigenvalue weighted by atomic mass is 16.5. The smallest absolute Gasteiger partial charge is 0.191 e. The zero-order valence-electron chi connectivity index (χ0n) is 17.6. The SMILES string of the molecule is CCNC(=NCc1ccccc1OCC1CC1)NCC(C)N1CCOCC1C. The average Bonchev–Trinajstić information content (AvgIpc) is 3.54. The molecule has 2 fully saturated rings. The van der Waals surface area contributed by atoms with Crippen molar-refractivity contribution < 1.29 is 9.47 Å². The van der Waals surface area contributed by atoms with Gasteiger partial charge in [0.15, 0.2) is 5.96 Å². The molecule has 2 N–H and O–H groups in total. The molecule has 1 aromatic rings. The third-order valence-corrected chi connectivity index (χ3v) is 5.45. The first kappa shape index (κ1) is 20.9. The van der Waals surface area contributed by atoms with Crippen LogP contribution in [-0.2, 0) is 11.3 Å². The second kappa shape index (κ2) is 10.7. The molecule has 28 heavy (non-hydrogen) atoms. The minimum Gasteiger partial charge on any atom is -0.493 e. The highest BCUT2D eigenvalue weighted by Crippen LogP contribution is 2.30. The second-order valence-corrected chi connectivity index (χ2v) is 7.95. The lowest BCUT2D eigenvalue weighted by atomic mass is 10.2. The van der Waals surface area contributed by atoms with Crippen LogP contribution in [0.5, 0.6) is 5.75 Å². The maximum absolute atomic E-state index is 6.01. The predicted octanol–water partition coefficient (Wildman–Crippen LogP) is 2.64. The van der Waals surface area contributed by atoms with Crippen LogP contribution < -0.4 is 15.4 Å². The van der Waals surface area contributed by atoms with E-state index < -0.39 is 0 Å². The third kappa shape index (κ3) is 6.38. The van der Waals surface area contributed by atoms with Gasteiger partial charge in [-0.2, -0.15) is 0 Å². The van der Waals surface area contributed by atoms with Crippen LogP contribution in [-0.4, -0.2) is 62.4 Å². The average molecular weight is 389 g/mol. The molecule has 6 nitrogen and oxygen atoms in total. The molecule has 6 heteroatoms. The number of guanidine groups is 1. The zero-order valence-corrected chi connectivity index (χ0v) is 17.6. The molecule has 0 amide bonds. The van der Waals surface area contributed by atoms with E-state index >= 15 is 0 Å². The number of nitrogens with zero attached hydrogens (tertiary/aromatic N) is 2. The molecule has 3 rings (SSSR count).